The van der Waals surface area contributed by atoms with E-state index in [1.54, 1.807) is 14.1 Å². The summed E-state index contributed by atoms with van der Waals surface area (Å²) in [5.74, 6) is -4.97. The fourth-order valence-electron chi connectivity index (χ4n) is 3.34. The van der Waals surface area contributed by atoms with Crippen molar-refractivity contribution in [1.82, 2.24) is 25.0 Å². The van der Waals surface area contributed by atoms with E-state index in [9.17, 15) is 31.1 Å². The Hall–Kier alpha value is -3.56. The minimum atomic E-state index is -4.81. The smallest absolute Gasteiger partial charge is 0.368 e. The molecule has 1 atom stereocenters. The van der Waals surface area contributed by atoms with Gasteiger partial charge in [0.2, 0.25) is 12.1 Å². The molecule has 1 saturated heterocycles. The van der Waals surface area contributed by atoms with Crippen LogP contribution in [-0.2, 0) is 11.3 Å². The molecule has 1 unspecified atom stereocenters. The Kier molecular flexibility index (Phi) is 7.72. The maximum atomic E-state index is 14.2. The van der Waals surface area contributed by atoms with E-state index in [-0.39, 0.29) is 37.0 Å². The Morgan fingerprint density at radius 3 is 2.60 bits per heavy atom. The molecule has 0 bridgehead atoms. The zero-order valence-corrected chi connectivity index (χ0v) is 18.7. The molecule has 0 aliphatic carbocycles. The van der Waals surface area contributed by atoms with Crippen molar-refractivity contribution >= 4 is 24.0 Å². The SMILES string of the molecule is CN(C)/C(N)=N\N=CN(CC(=O)N1N=C2CNCCN2C1C(F)(F)F)Cc1cc(F)c(F)cc1F. The Morgan fingerprint density at radius 2 is 1.94 bits per heavy atom. The number of amidine groups is 1. The van der Waals surface area contributed by atoms with E-state index >= 15 is 0 Å². The number of nitrogens with two attached hydrogens (primary N) is 1. The number of guanidine groups is 1. The lowest BCUT2D eigenvalue weighted by molar-refractivity contribution is -0.210. The van der Waals surface area contributed by atoms with Gasteiger partial charge in [0.25, 0.3) is 5.91 Å². The molecule has 2 heterocycles. The number of alkyl halides is 3. The largest absolute Gasteiger partial charge is 0.429 e. The Balaban J connectivity index is 1.87. The second-order valence-electron chi connectivity index (χ2n) is 7.89. The number of halogens is 6. The maximum Gasteiger partial charge on any atom is 0.429 e. The molecule has 192 valence electrons. The van der Waals surface area contributed by atoms with Gasteiger partial charge < -0.3 is 25.8 Å². The van der Waals surface area contributed by atoms with Gasteiger partial charge in [-0.15, -0.1) is 10.2 Å². The lowest BCUT2D eigenvalue weighted by atomic mass is 10.2. The highest BCUT2D eigenvalue weighted by Gasteiger charge is 2.54. The maximum absolute atomic E-state index is 14.2. The molecule has 0 saturated carbocycles. The highest BCUT2D eigenvalue weighted by Crippen LogP contribution is 2.32. The Bertz CT molecular complexity index is 1040. The molecule has 1 fully saturated rings. The van der Waals surface area contributed by atoms with Gasteiger partial charge in [-0.3, -0.25) is 4.79 Å². The number of carbonyl (C=O) groups excluding carboxylic acids is 1. The van der Waals surface area contributed by atoms with Gasteiger partial charge in [0.05, 0.1) is 6.54 Å². The molecular formula is C19H23F6N9O. The number of hydrogen-bond acceptors (Lipinski definition) is 6. The first kappa shape index (κ1) is 26.1. The van der Waals surface area contributed by atoms with Crippen molar-refractivity contribution in [1.29, 1.82) is 0 Å². The van der Waals surface area contributed by atoms with Crippen LogP contribution in [0.1, 0.15) is 5.56 Å². The third-order valence-corrected chi connectivity index (χ3v) is 5.08. The van der Waals surface area contributed by atoms with E-state index in [2.05, 4.69) is 20.6 Å². The molecule has 3 rings (SSSR count). The quantitative estimate of drug-likeness (QED) is 0.193. The molecule has 35 heavy (non-hydrogen) atoms. The van der Waals surface area contributed by atoms with Gasteiger partial charge in [0, 0.05) is 45.4 Å². The minimum absolute atomic E-state index is 0.0173. The summed E-state index contributed by atoms with van der Waals surface area (Å²) in [5, 5.41) is 14.3. The molecule has 1 amide bonds. The van der Waals surface area contributed by atoms with Crippen LogP contribution in [0.25, 0.3) is 0 Å². The van der Waals surface area contributed by atoms with Gasteiger partial charge in [0.1, 0.15) is 24.5 Å². The van der Waals surface area contributed by atoms with Crippen LogP contribution in [-0.4, -0.2) is 96.4 Å². The number of hydrogen-bond donors (Lipinski definition) is 2. The molecule has 0 spiro atoms. The van der Waals surface area contributed by atoms with E-state index in [1.807, 2.05) is 0 Å². The van der Waals surface area contributed by atoms with Crippen LogP contribution in [0.15, 0.2) is 27.4 Å². The zero-order chi connectivity index (χ0) is 25.9. The van der Waals surface area contributed by atoms with E-state index in [0.717, 1.165) is 16.1 Å². The van der Waals surface area contributed by atoms with Crippen LogP contribution >= 0.6 is 0 Å². The summed E-state index contributed by atoms with van der Waals surface area (Å²) in [6.07, 6.45) is -6.20. The Labute approximate surface area is 196 Å². The third kappa shape index (κ3) is 6.12. The van der Waals surface area contributed by atoms with Crippen LogP contribution in [0.3, 0.4) is 0 Å². The molecule has 1 aromatic rings. The van der Waals surface area contributed by atoms with Crippen LogP contribution in [0.5, 0.6) is 0 Å². The number of rotatable bonds is 6. The molecule has 10 nitrogen and oxygen atoms in total. The molecule has 16 heteroatoms. The van der Waals surface area contributed by atoms with E-state index in [4.69, 9.17) is 5.73 Å². The van der Waals surface area contributed by atoms with Crippen molar-refractivity contribution in [2.75, 3.05) is 40.3 Å². The topological polar surface area (TPSA) is 105 Å². The van der Waals surface area contributed by atoms with Gasteiger partial charge in [-0.25, -0.2) is 13.2 Å². The summed E-state index contributed by atoms with van der Waals surface area (Å²) in [7, 11) is 3.14. The standard InChI is InChI=1S/C19H23F6N9O/c1-31(2)18(26)29-28-10-32(8-11-5-13(21)14(22)6-12(11)20)9-16(35)34-17(19(23,24)25)33-4-3-27-7-15(33)30-34/h5-6,10,17,27H,3-4,7-9H2,1-2H3,(H2,26,29). The number of nitrogens with zero attached hydrogens (tertiary/aromatic N) is 7. The number of hydrazone groups is 1. The van der Waals surface area contributed by atoms with Crippen molar-refractivity contribution in [3.8, 4) is 0 Å². The Morgan fingerprint density at radius 1 is 1.26 bits per heavy atom. The van der Waals surface area contributed by atoms with Crippen molar-refractivity contribution in [3.63, 3.8) is 0 Å². The summed E-state index contributed by atoms with van der Waals surface area (Å²) >= 11 is 0. The normalized spacial score (nSPS) is 18.7. The molecular weight excluding hydrogens is 484 g/mol. The number of benzene rings is 1. The summed E-state index contributed by atoms with van der Waals surface area (Å²) in [6, 6.07) is 0.898. The highest BCUT2D eigenvalue weighted by molar-refractivity contribution is 5.91. The number of nitrogens with one attached hydrogen (secondary N) is 1. The number of fused-ring (bicyclic) bond motifs is 1. The van der Waals surface area contributed by atoms with Crippen LogP contribution in [0.4, 0.5) is 26.3 Å². The summed E-state index contributed by atoms with van der Waals surface area (Å²) in [6.45, 7) is -1.00. The zero-order valence-electron chi connectivity index (χ0n) is 18.7. The predicted molar refractivity (Wildman–Crippen MR) is 114 cm³/mol. The van der Waals surface area contributed by atoms with Crippen molar-refractivity contribution in [2.45, 2.75) is 18.9 Å². The third-order valence-electron chi connectivity index (χ3n) is 5.08. The van der Waals surface area contributed by atoms with Gasteiger partial charge in [-0.2, -0.15) is 23.3 Å². The average Bonchev–Trinajstić information content (AvgIpc) is 3.17. The molecule has 0 aromatic heterocycles. The molecule has 0 radical (unpaired) electrons. The minimum Gasteiger partial charge on any atom is -0.368 e. The average molecular weight is 507 g/mol. The fourth-order valence-corrected chi connectivity index (χ4v) is 3.34. The summed E-state index contributed by atoms with van der Waals surface area (Å²) in [5.41, 5.74) is 5.25. The van der Waals surface area contributed by atoms with Gasteiger partial charge in [-0.1, -0.05) is 0 Å². The van der Waals surface area contributed by atoms with Crippen LogP contribution in [0.2, 0.25) is 0 Å². The lowest BCUT2D eigenvalue weighted by Gasteiger charge is -2.34. The number of piperazine rings is 1. The van der Waals surface area contributed by atoms with E-state index < -0.39 is 48.8 Å². The van der Waals surface area contributed by atoms with E-state index in [0.29, 0.717) is 17.1 Å². The second kappa shape index (κ2) is 10.4. The highest BCUT2D eigenvalue weighted by atomic mass is 19.4. The van der Waals surface area contributed by atoms with Crippen molar-refractivity contribution in [3.05, 3.63) is 35.1 Å². The first-order chi connectivity index (χ1) is 16.4. The predicted octanol–water partition coefficient (Wildman–Crippen LogP) is 0.675. The van der Waals surface area contributed by atoms with Gasteiger partial charge in [0.15, 0.2) is 11.6 Å². The monoisotopic (exact) mass is 507 g/mol. The van der Waals surface area contributed by atoms with Crippen molar-refractivity contribution < 1.29 is 31.1 Å². The lowest BCUT2D eigenvalue weighted by Crippen LogP contribution is -2.58. The van der Waals surface area contributed by atoms with Gasteiger partial charge in [-0.05, 0) is 6.07 Å². The summed E-state index contributed by atoms with van der Waals surface area (Å²) < 4.78 is 82.5. The van der Waals surface area contributed by atoms with Crippen molar-refractivity contribution in [2.24, 2.45) is 21.0 Å². The fraction of sp³-hybridized carbons (Fsp3) is 0.474. The molecule has 2 aliphatic heterocycles. The second-order valence-corrected chi connectivity index (χ2v) is 7.89. The number of amides is 1. The van der Waals surface area contributed by atoms with Crippen LogP contribution in [0, 0.1) is 17.5 Å². The first-order valence-corrected chi connectivity index (χ1v) is 10.2. The summed E-state index contributed by atoms with van der Waals surface area (Å²) in [4.78, 5) is 16.3. The number of carbonyl (C=O) groups is 1. The molecule has 3 N–H and O–H groups in total. The first-order valence-electron chi connectivity index (χ1n) is 10.2. The van der Waals surface area contributed by atoms with Crippen LogP contribution < -0.4 is 11.1 Å². The van der Waals surface area contributed by atoms with Gasteiger partial charge >= 0.3 is 6.18 Å². The van der Waals surface area contributed by atoms with E-state index in [1.165, 1.54) is 4.90 Å². The molecule has 2 aliphatic rings. The molecule has 1 aromatic carbocycles.